The van der Waals surface area contributed by atoms with Crippen molar-refractivity contribution < 1.29 is 27.5 Å². The Balaban J connectivity index is 1.20. The minimum absolute atomic E-state index is 0.0255. The molecule has 4 aromatic carbocycles. The first-order valence-corrected chi connectivity index (χ1v) is 15.4. The average Bonchev–Trinajstić information content (AvgIpc) is 3.01. The molecule has 2 N–H and O–H groups in total. The summed E-state index contributed by atoms with van der Waals surface area (Å²) in [5, 5.41) is 2.90. The third-order valence-corrected chi connectivity index (χ3v) is 8.58. The van der Waals surface area contributed by atoms with Gasteiger partial charge in [-0.2, -0.15) is 0 Å². The van der Waals surface area contributed by atoms with Crippen LogP contribution in [0, 0.1) is 13.8 Å². The van der Waals surface area contributed by atoms with E-state index < -0.39 is 16.1 Å². The van der Waals surface area contributed by atoms with Crippen LogP contribution in [-0.2, 0) is 26.0 Å². The van der Waals surface area contributed by atoms with Crippen molar-refractivity contribution in [3.05, 3.63) is 114 Å². The van der Waals surface area contributed by atoms with Gasteiger partial charge in [0.25, 0.3) is 21.8 Å². The lowest BCUT2D eigenvalue weighted by molar-refractivity contribution is -0.128. The lowest BCUT2D eigenvalue weighted by Crippen LogP contribution is -2.52. The molecule has 2 amide bonds. The number of nitrogens with one attached hydrogen (secondary N) is 2. The summed E-state index contributed by atoms with van der Waals surface area (Å²) in [5.41, 5.74) is 4.17. The van der Waals surface area contributed by atoms with Crippen molar-refractivity contribution >= 4 is 33.2 Å². The Morgan fingerprint density at radius 1 is 0.907 bits per heavy atom. The first-order chi connectivity index (χ1) is 20.7. The molecule has 222 valence electrons. The van der Waals surface area contributed by atoms with E-state index in [-0.39, 0.29) is 29.9 Å². The molecule has 0 saturated carbocycles. The molecular formula is C33H33N3O6S. The summed E-state index contributed by atoms with van der Waals surface area (Å²) in [6.45, 7) is 4.02. The molecule has 0 aliphatic carbocycles. The van der Waals surface area contributed by atoms with Crippen LogP contribution in [0.15, 0.2) is 102 Å². The number of para-hydroxylation sites is 2. The highest BCUT2D eigenvalue weighted by Crippen LogP contribution is 2.33. The maximum Gasteiger partial charge on any atom is 0.265 e. The van der Waals surface area contributed by atoms with Gasteiger partial charge in [-0.05, 0) is 85.5 Å². The van der Waals surface area contributed by atoms with Crippen LogP contribution >= 0.6 is 0 Å². The molecule has 10 heteroatoms. The molecule has 1 aliphatic rings. The van der Waals surface area contributed by atoms with Crippen molar-refractivity contribution in [2.45, 2.75) is 31.3 Å². The minimum Gasteiger partial charge on any atom is -0.484 e. The van der Waals surface area contributed by atoms with E-state index in [0.29, 0.717) is 35.8 Å². The molecule has 1 atom stereocenters. The van der Waals surface area contributed by atoms with Crippen LogP contribution < -0.4 is 24.4 Å². The summed E-state index contributed by atoms with van der Waals surface area (Å²) in [7, 11) is -3.81. The number of sulfonamides is 1. The number of nitrogens with zero attached hydrogens (tertiary/aromatic N) is 1. The second-order valence-corrected chi connectivity index (χ2v) is 12.0. The summed E-state index contributed by atoms with van der Waals surface area (Å²) < 4.78 is 40.0. The number of benzene rings is 4. The summed E-state index contributed by atoms with van der Waals surface area (Å²) in [6.07, 6.45) is -0.210. The Labute approximate surface area is 251 Å². The van der Waals surface area contributed by atoms with Crippen molar-refractivity contribution in [3.8, 4) is 11.5 Å². The fourth-order valence-corrected chi connectivity index (χ4v) is 5.70. The summed E-state index contributed by atoms with van der Waals surface area (Å²) in [6, 6.07) is 28.0. The van der Waals surface area contributed by atoms with Crippen molar-refractivity contribution in [2.75, 3.05) is 29.3 Å². The average molecular weight is 600 g/mol. The number of rotatable bonds is 10. The molecule has 0 saturated heterocycles. The second kappa shape index (κ2) is 13.0. The highest BCUT2D eigenvalue weighted by molar-refractivity contribution is 7.92. The van der Waals surface area contributed by atoms with E-state index in [1.165, 1.54) is 29.2 Å². The molecule has 0 fully saturated rings. The molecule has 0 aromatic heterocycles. The van der Waals surface area contributed by atoms with Crippen LogP contribution in [0.5, 0.6) is 11.5 Å². The van der Waals surface area contributed by atoms with Gasteiger partial charge in [0.05, 0.1) is 17.1 Å². The highest BCUT2D eigenvalue weighted by atomic mass is 32.2. The number of anilines is 2. The van der Waals surface area contributed by atoms with E-state index in [2.05, 4.69) is 10.0 Å². The lowest BCUT2D eigenvalue weighted by atomic mass is 10.1. The molecule has 4 aromatic rings. The molecule has 0 spiro atoms. The summed E-state index contributed by atoms with van der Waals surface area (Å²) in [4.78, 5) is 27.8. The lowest BCUT2D eigenvalue weighted by Gasteiger charge is -2.34. The van der Waals surface area contributed by atoms with Gasteiger partial charge < -0.3 is 19.7 Å². The first-order valence-electron chi connectivity index (χ1n) is 13.9. The van der Waals surface area contributed by atoms with Gasteiger partial charge in [0.1, 0.15) is 11.5 Å². The molecule has 0 radical (unpaired) electrons. The van der Waals surface area contributed by atoms with Gasteiger partial charge in [-0.3, -0.25) is 14.3 Å². The molecule has 9 nitrogen and oxygen atoms in total. The molecule has 1 unspecified atom stereocenters. The van der Waals surface area contributed by atoms with Crippen molar-refractivity contribution in [1.29, 1.82) is 0 Å². The standard InChI is InChI=1S/C33H33N3O6S/c1-23-12-13-26(20-24(23)2)35-43(39,40)28-16-14-27(15-17-28)41-22-32(37)36-21-31(42-30-11-7-6-10-29(30)36)33(38)34-19-18-25-8-4-3-5-9-25/h3-17,20,31,35H,18-19,21-22H2,1-2H3,(H,34,38). The summed E-state index contributed by atoms with van der Waals surface area (Å²) in [5.74, 6) is 0.0765. The van der Waals surface area contributed by atoms with Crippen LogP contribution in [0.1, 0.15) is 16.7 Å². The normalized spacial score (nSPS) is 14.3. The van der Waals surface area contributed by atoms with Crippen molar-refractivity contribution in [3.63, 3.8) is 0 Å². The Morgan fingerprint density at radius 3 is 2.37 bits per heavy atom. The van der Waals surface area contributed by atoms with Crippen molar-refractivity contribution in [2.24, 2.45) is 0 Å². The van der Waals surface area contributed by atoms with E-state index in [9.17, 15) is 18.0 Å². The van der Waals surface area contributed by atoms with E-state index in [1.807, 2.05) is 50.2 Å². The SMILES string of the molecule is Cc1ccc(NS(=O)(=O)c2ccc(OCC(=O)N3CC(C(=O)NCCc4ccccc4)Oc4ccccc43)cc2)cc1C. The number of amides is 2. The number of carbonyl (C=O) groups excluding carboxylic acids is 2. The predicted octanol–water partition coefficient (Wildman–Crippen LogP) is 4.64. The van der Waals surface area contributed by atoms with E-state index in [0.717, 1.165) is 16.7 Å². The number of fused-ring (bicyclic) bond motifs is 1. The van der Waals surface area contributed by atoms with Gasteiger partial charge in [-0.1, -0.05) is 48.5 Å². The number of hydrogen-bond acceptors (Lipinski definition) is 6. The maximum atomic E-state index is 13.3. The third-order valence-electron chi connectivity index (χ3n) is 7.18. The Hall–Kier alpha value is -4.83. The molecule has 1 aliphatic heterocycles. The highest BCUT2D eigenvalue weighted by Gasteiger charge is 2.33. The molecule has 43 heavy (non-hydrogen) atoms. The Bertz CT molecular complexity index is 1710. The zero-order valence-electron chi connectivity index (χ0n) is 23.9. The molecule has 0 bridgehead atoms. The van der Waals surface area contributed by atoms with Crippen LogP contribution in [0.4, 0.5) is 11.4 Å². The van der Waals surface area contributed by atoms with Gasteiger partial charge in [-0.25, -0.2) is 8.42 Å². The topological polar surface area (TPSA) is 114 Å². The van der Waals surface area contributed by atoms with Crippen LogP contribution in [-0.4, -0.2) is 46.0 Å². The van der Waals surface area contributed by atoms with Gasteiger partial charge in [0.15, 0.2) is 12.7 Å². The van der Waals surface area contributed by atoms with Crippen LogP contribution in [0.2, 0.25) is 0 Å². The van der Waals surface area contributed by atoms with Gasteiger partial charge >= 0.3 is 0 Å². The van der Waals surface area contributed by atoms with Crippen LogP contribution in [0.25, 0.3) is 0 Å². The molecular weight excluding hydrogens is 566 g/mol. The van der Waals surface area contributed by atoms with Gasteiger partial charge in [0.2, 0.25) is 0 Å². The number of carbonyl (C=O) groups is 2. The first kappa shape index (κ1) is 29.7. The largest absolute Gasteiger partial charge is 0.484 e. The third kappa shape index (κ3) is 7.34. The van der Waals surface area contributed by atoms with Crippen LogP contribution in [0.3, 0.4) is 0 Å². The molecule has 1 heterocycles. The maximum absolute atomic E-state index is 13.3. The smallest absolute Gasteiger partial charge is 0.265 e. The Morgan fingerprint density at radius 2 is 1.63 bits per heavy atom. The number of aryl methyl sites for hydroxylation is 2. The van der Waals surface area contributed by atoms with Gasteiger partial charge in [0, 0.05) is 12.2 Å². The zero-order chi connectivity index (χ0) is 30.4. The number of ether oxygens (including phenoxy) is 2. The fraction of sp³-hybridized carbons (Fsp3) is 0.212. The van der Waals surface area contributed by atoms with Gasteiger partial charge in [-0.15, -0.1) is 0 Å². The van der Waals surface area contributed by atoms with E-state index in [1.54, 1.807) is 36.4 Å². The Kier molecular flexibility index (Phi) is 8.96. The second-order valence-electron chi connectivity index (χ2n) is 10.3. The van der Waals surface area contributed by atoms with E-state index >= 15 is 0 Å². The summed E-state index contributed by atoms with van der Waals surface area (Å²) >= 11 is 0. The van der Waals surface area contributed by atoms with Crippen molar-refractivity contribution in [1.82, 2.24) is 5.32 Å². The molecule has 5 rings (SSSR count). The predicted molar refractivity (Wildman–Crippen MR) is 165 cm³/mol. The zero-order valence-corrected chi connectivity index (χ0v) is 24.8. The number of hydrogen-bond donors (Lipinski definition) is 2. The van der Waals surface area contributed by atoms with E-state index in [4.69, 9.17) is 9.47 Å². The minimum atomic E-state index is -3.81. The quantitative estimate of drug-likeness (QED) is 0.275. The fourth-order valence-electron chi connectivity index (χ4n) is 4.65. The monoisotopic (exact) mass is 599 g/mol.